The molecule has 0 saturated carbocycles. The summed E-state index contributed by atoms with van der Waals surface area (Å²) in [4.78, 5) is 16.3. The molecule has 1 aromatic rings. The second-order valence-electron chi connectivity index (χ2n) is 6.76. The zero-order valence-corrected chi connectivity index (χ0v) is 15.0. The van der Waals surface area contributed by atoms with Crippen molar-refractivity contribution in [2.45, 2.75) is 51.1 Å². The van der Waals surface area contributed by atoms with Crippen molar-refractivity contribution in [3.63, 3.8) is 0 Å². The summed E-state index contributed by atoms with van der Waals surface area (Å²) in [5, 5.41) is 3.13. The second-order valence-corrected chi connectivity index (χ2v) is 7.64. The Morgan fingerprint density at radius 2 is 2.05 bits per heavy atom. The molecule has 1 atom stereocenters. The van der Waals surface area contributed by atoms with Crippen LogP contribution >= 0.6 is 11.8 Å². The highest BCUT2D eigenvalue weighted by molar-refractivity contribution is 7.98. The van der Waals surface area contributed by atoms with Crippen molar-refractivity contribution in [2.75, 3.05) is 19.3 Å². The van der Waals surface area contributed by atoms with Gasteiger partial charge in [0.15, 0.2) is 0 Å². The summed E-state index contributed by atoms with van der Waals surface area (Å²) in [7, 11) is 0. The van der Waals surface area contributed by atoms with Crippen LogP contribution in [-0.2, 0) is 11.3 Å². The van der Waals surface area contributed by atoms with Gasteiger partial charge in [0.05, 0.1) is 5.41 Å². The zero-order chi connectivity index (χ0) is 16.2. The van der Waals surface area contributed by atoms with E-state index in [9.17, 15) is 4.79 Å². The number of likely N-dealkylation sites (tertiary alicyclic amines) is 1. The third-order valence-electron chi connectivity index (χ3n) is 4.62. The van der Waals surface area contributed by atoms with Crippen LogP contribution in [0.3, 0.4) is 0 Å². The highest BCUT2D eigenvalue weighted by atomic mass is 32.2. The van der Waals surface area contributed by atoms with Crippen LogP contribution in [0.15, 0.2) is 29.2 Å². The Hall–Kier alpha value is -1.00. The number of nitrogens with zero attached hydrogens (tertiary/aromatic N) is 1. The molecule has 2 rings (SSSR count). The van der Waals surface area contributed by atoms with Gasteiger partial charge < -0.3 is 5.32 Å². The van der Waals surface area contributed by atoms with E-state index < -0.39 is 0 Å². The average molecular weight is 321 g/mol. The molecule has 3 nitrogen and oxygen atoms in total. The smallest absolute Gasteiger partial charge is 0.227 e. The van der Waals surface area contributed by atoms with Gasteiger partial charge in [0.25, 0.3) is 0 Å². The van der Waals surface area contributed by atoms with Crippen LogP contribution in [-0.4, -0.2) is 36.2 Å². The first-order valence-corrected chi connectivity index (χ1v) is 9.32. The van der Waals surface area contributed by atoms with Crippen LogP contribution in [0.5, 0.6) is 0 Å². The van der Waals surface area contributed by atoms with E-state index in [0.29, 0.717) is 12.6 Å². The monoisotopic (exact) mass is 320 g/mol. The molecule has 4 heteroatoms. The predicted octanol–water partition coefficient (Wildman–Crippen LogP) is 3.54. The third-order valence-corrected chi connectivity index (χ3v) is 5.36. The minimum atomic E-state index is -0.262. The predicted molar refractivity (Wildman–Crippen MR) is 94.1 cm³/mol. The lowest BCUT2D eigenvalue weighted by atomic mass is 9.80. The number of thioether (sulfide) groups is 1. The van der Waals surface area contributed by atoms with Gasteiger partial charge >= 0.3 is 0 Å². The molecule has 0 aliphatic carbocycles. The van der Waals surface area contributed by atoms with Crippen LogP contribution < -0.4 is 5.32 Å². The lowest BCUT2D eigenvalue weighted by molar-refractivity contribution is -0.133. The van der Waals surface area contributed by atoms with Crippen molar-refractivity contribution in [3.05, 3.63) is 29.8 Å². The molecular formula is C18H28N2OS. The lowest BCUT2D eigenvalue weighted by Crippen LogP contribution is -2.51. The molecule has 0 bridgehead atoms. The van der Waals surface area contributed by atoms with Crippen molar-refractivity contribution in [1.82, 2.24) is 10.2 Å². The Labute approximate surface area is 138 Å². The molecule has 122 valence electrons. The van der Waals surface area contributed by atoms with Crippen LogP contribution in [0.25, 0.3) is 0 Å². The molecule has 1 aliphatic heterocycles. The van der Waals surface area contributed by atoms with E-state index >= 15 is 0 Å². The van der Waals surface area contributed by atoms with Gasteiger partial charge in [-0.25, -0.2) is 0 Å². The molecular weight excluding hydrogens is 292 g/mol. The standard InChI is InChI=1S/C18H28N2OS/c1-14(2)20-11-5-10-18(3,13-20)17(21)19-12-15-6-8-16(22-4)9-7-15/h6-9,14H,5,10-13H2,1-4H3,(H,19,21). The SMILES string of the molecule is CSc1ccc(CNC(=O)C2(C)CCCN(C(C)C)C2)cc1. The van der Waals surface area contributed by atoms with E-state index in [4.69, 9.17) is 0 Å². The van der Waals surface area contributed by atoms with Gasteiger partial charge in [-0.05, 0) is 64.1 Å². The number of rotatable bonds is 5. The summed E-state index contributed by atoms with van der Waals surface area (Å²) < 4.78 is 0. The normalized spacial score (nSPS) is 22.8. The average Bonchev–Trinajstić information content (AvgIpc) is 2.53. The fourth-order valence-corrected chi connectivity index (χ4v) is 3.45. The second kappa shape index (κ2) is 7.51. The lowest BCUT2D eigenvalue weighted by Gasteiger charge is -2.41. The first-order chi connectivity index (χ1) is 10.4. The molecule has 1 aliphatic rings. The van der Waals surface area contributed by atoms with Crippen molar-refractivity contribution >= 4 is 17.7 Å². The number of hydrogen-bond donors (Lipinski definition) is 1. The van der Waals surface area contributed by atoms with Gasteiger partial charge in [-0.3, -0.25) is 9.69 Å². The molecule has 1 N–H and O–H groups in total. The van der Waals surface area contributed by atoms with Gasteiger partial charge in [-0.1, -0.05) is 12.1 Å². The van der Waals surface area contributed by atoms with Gasteiger partial charge in [-0.15, -0.1) is 11.8 Å². The first kappa shape index (κ1) is 17.4. The van der Waals surface area contributed by atoms with Crippen LogP contribution in [0.4, 0.5) is 0 Å². The molecule has 1 unspecified atom stereocenters. The maximum Gasteiger partial charge on any atom is 0.227 e. The molecule has 1 fully saturated rings. The summed E-state index contributed by atoms with van der Waals surface area (Å²) >= 11 is 1.73. The topological polar surface area (TPSA) is 32.3 Å². The number of piperidine rings is 1. The van der Waals surface area contributed by atoms with Crippen molar-refractivity contribution in [3.8, 4) is 0 Å². The van der Waals surface area contributed by atoms with Gasteiger partial charge in [0.2, 0.25) is 5.91 Å². The Morgan fingerprint density at radius 3 is 2.64 bits per heavy atom. The Balaban J connectivity index is 1.92. The summed E-state index contributed by atoms with van der Waals surface area (Å²) in [6, 6.07) is 8.90. The third kappa shape index (κ3) is 4.26. The van der Waals surface area contributed by atoms with E-state index in [2.05, 4.69) is 61.5 Å². The van der Waals surface area contributed by atoms with Crippen LogP contribution in [0.1, 0.15) is 39.2 Å². The zero-order valence-electron chi connectivity index (χ0n) is 14.2. The van der Waals surface area contributed by atoms with E-state index in [-0.39, 0.29) is 11.3 Å². The van der Waals surface area contributed by atoms with Gasteiger partial charge in [0.1, 0.15) is 0 Å². The van der Waals surface area contributed by atoms with Crippen molar-refractivity contribution in [1.29, 1.82) is 0 Å². The fourth-order valence-electron chi connectivity index (χ4n) is 3.04. The number of benzene rings is 1. The fraction of sp³-hybridized carbons (Fsp3) is 0.611. The van der Waals surface area contributed by atoms with Gasteiger partial charge in [0, 0.05) is 24.0 Å². The largest absolute Gasteiger partial charge is 0.352 e. The maximum absolute atomic E-state index is 12.6. The van der Waals surface area contributed by atoms with Crippen molar-refractivity contribution < 1.29 is 4.79 Å². The quantitative estimate of drug-likeness (QED) is 0.842. The molecule has 0 spiro atoms. The van der Waals surface area contributed by atoms with Crippen LogP contribution in [0, 0.1) is 5.41 Å². The van der Waals surface area contributed by atoms with Crippen LogP contribution in [0.2, 0.25) is 0 Å². The molecule has 1 saturated heterocycles. The number of hydrogen-bond acceptors (Lipinski definition) is 3. The summed E-state index contributed by atoms with van der Waals surface area (Å²) in [6.07, 6.45) is 4.15. The number of carbonyl (C=O) groups excluding carboxylic acids is 1. The summed E-state index contributed by atoms with van der Waals surface area (Å²) in [6.45, 7) is 9.10. The Bertz CT molecular complexity index is 500. The summed E-state index contributed by atoms with van der Waals surface area (Å²) in [5.41, 5.74) is 0.896. The number of amides is 1. The number of carbonyl (C=O) groups is 1. The summed E-state index contributed by atoms with van der Waals surface area (Å²) in [5.74, 6) is 0.187. The molecule has 1 amide bonds. The molecule has 1 heterocycles. The minimum Gasteiger partial charge on any atom is -0.352 e. The van der Waals surface area contributed by atoms with Crippen molar-refractivity contribution in [2.24, 2.45) is 5.41 Å². The first-order valence-electron chi connectivity index (χ1n) is 8.10. The van der Waals surface area contributed by atoms with E-state index in [1.54, 1.807) is 11.8 Å². The highest BCUT2D eigenvalue weighted by Gasteiger charge is 2.38. The Morgan fingerprint density at radius 1 is 1.36 bits per heavy atom. The number of nitrogens with one attached hydrogen (secondary N) is 1. The van der Waals surface area contributed by atoms with E-state index in [1.807, 2.05) is 0 Å². The molecule has 0 radical (unpaired) electrons. The maximum atomic E-state index is 12.6. The Kier molecular flexibility index (Phi) is 5.93. The van der Waals surface area contributed by atoms with E-state index in [0.717, 1.165) is 31.5 Å². The molecule has 0 aromatic heterocycles. The van der Waals surface area contributed by atoms with E-state index in [1.165, 1.54) is 4.90 Å². The molecule has 22 heavy (non-hydrogen) atoms. The van der Waals surface area contributed by atoms with Gasteiger partial charge in [-0.2, -0.15) is 0 Å². The molecule has 1 aromatic carbocycles. The highest BCUT2D eigenvalue weighted by Crippen LogP contribution is 2.30. The minimum absolute atomic E-state index is 0.187.